The molecule has 2 atom stereocenters. The second-order valence-electron chi connectivity index (χ2n) is 8.70. The van der Waals surface area contributed by atoms with Crippen LogP contribution in [0.15, 0.2) is 83.4 Å². The Morgan fingerprint density at radius 2 is 1.94 bits per heavy atom. The minimum atomic E-state index is -0.958. The number of nitrogens with zero attached hydrogens (tertiary/aromatic N) is 3. The zero-order valence-corrected chi connectivity index (χ0v) is 19.8. The lowest BCUT2D eigenvalue weighted by Gasteiger charge is -2.34. The van der Waals surface area contributed by atoms with Crippen molar-refractivity contribution < 1.29 is 13.9 Å². The van der Waals surface area contributed by atoms with Gasteiger partial charge in [0.05, 0.1) is 12.6 Å². The van der Waals surface area contributed by atoms with Crippen LogP contribution in [0.4, 0.5) is 4.39 Å². The number of nitrogens with one attached hydrogen (secondary N) is 1. The molecule has 1 fully saturated rings. The molecule has 2 aliphatic rings. The number of amides is 1. The summed E-state index contributed by atoms with van der Waals surface area (Å²) in [4.78, 5) is 18.0. The standard InChI is InChI=1S/C26H31FN6O2/c1-17(19-10-12-22(13-11-19)35-21-8-4-3-5-9-21)23-24(28)30-16-31-25(23)33(29)15-20-7-6-14-32(20)26(34)18(2)27/h3-5,8-13,17,20,31H,2,6-7,14-16,29H2,1H3,(H2,28,30). The van der Waals surface area contributed by atoms with Gasteiger partial charge in [-0.25, -0.2) is 15.2 Å². The largest absolute Gasteiger partial charge is 0.457 e. The molecule has 0 radical (unpaired) electrons. The molecule has 0 bridgehead atoms. The first kappa shape index (κ1) is 24.3. The summed E-state index contributed by atoms with van der Waals surface area (Å²) in [6, 6.07) is 17.2. The van der Waals surface area contributed by atoms with Gasteiger partial charge in [0.15, 0.2) is 5.83 Å². The summed E-state index contributed by atoms with van der Waals surface area (Å²) < 4.78 is 19.4. The molecule has 2 aliphatic heterocycles. The van der Waals surface area contributed by atoms with E-state index in [-0.39, 0.29) is 12.0 Å². The van der Waals surface area contributed by atoms with Gasteiger partial charge in [0, 0.05) is 18.0 Å². The molecule has 2 heterocycles. The van der Waals surface area contributed by atoms with Gasteiger partial charge in [-0.05, 0) is 42.7 Å². The molecule has 0 spiro atoms. The third-order valence-electron chi connectivity index (χ3n) is 6.38. The molecule has 0 aliphatic carbocycles. The number of halogens is 1. The van der Waals surface area contributed by atoms with Crippen LogP contribution in [0.3, 0.4) is 0 Å². The van der Waals surface area contributed by atoms with Crippen molar-refractivity contribution >= 4 is 11.7 Å². The van der Waals surface area contributed by atoms with E-state index in [9.17, 15) is 9.18 Å². The third-order valence-corrected chi connectivity index (χ3v) is 6.38. The predicted molar refractivity (Wildman–Crippen MR) is 134 cm³/mol. The van der Waals surface area contributed by atoms with Gasteiger partial charge in [0.1, 0.15) is 29.8 Å². The highest BCUT2D eigenvalue weighted by atomic mass is 19.1. The van der Waals surface area contributed by atoms with Gasteiger partial charge in [0.2, 0.25) is 0 Å². The van der Waals surface area contributed by atoms with E-state index in [1.165, 1.54) is 4.90 Å². The zero-order chi connectivity index (χ0) is 24.9. The Labute approximate surface area is 204 Å². The van der Waals surface area contributed by atoms with Gasteiger partial charge in [-0.15, -0.1) is 0 Å². The molecule has 4 rings (SSSR count). The fourth-order valence-electron chi connectivity index (χ4n) is 4.57. The van der Waals surface area contributed by atoms with Crippen molar-refractivity contribution in [2.24, 2.45) is 16.6 Å². The van der Waals surface area contributed by atoms with Crippen LogP contribution >= 0.6 is 0 Å². The Morgan fingerprint density at radius 1 is 1.26 bits per heavy atom. The predicted octanol–water partition coefficient (Wildman–Crippen LogP) is 3.36. The monoisotopic (exact) mass is 478 g/mol. The normalized spacial score (nSPS) is 18.5. The number of likely N-dealkylation sites (tertiary alicyclic amines) is 1. The number of aliphatic imine (C=N–C) groups is 1. The maximum absolute atomic E-state index is 13.5. The van der Waals surface area contributed by atoms with E-state index in [1.54, 1.807) is 5.01 Å². The Balaban J connectivity index is 1.53. The van der Waals surface area contributed by atoms with Crippen molar-refractivity contribution in [3.05, 3.63) is 84.0 Å². The number of carbonyl (C=O) groups excluding carboxylic acids is 1. The molecule has 1 amide bonds. The van der Waals surface area contributed by atoms with E-state index in [4.69, 9.17) is 16.3 Å². The minimum absolute atomic E-state index is 0.120. The molecular weight excluding hydrogens is 447 g/mol. The van der Waals surface area contributed by atoms with E-state index in [0.29, 0.717) is 31.4 Å². The fourth-order valence-corrected chi connectivity index (χ4v) is 4.57. The number of hydrazine groups is 1. The van der Waals surface area contributed by atoms with Crippen LogP contribution in [0.2, 0.25) is 0 Å². The molecule has 2 unspecified atom stereocenters. The molecule has 9 heteroatoms. The molecule has 1 saturated heterocycles. The van der Waals surface area contributed by atoms with Gasteiger partial charge < -0.3 is 20.7 Å². The summed E-state index contributed by atoms with van der Waals surface area (Å²) in [5.41, 5.74) is 8.10. The van der Waals surface area contributed by atoms with E-state index < -0.39 is 11.7 Å². The first-order valence-corrected chi connectivity index (χ1v) is 11.6. The summed E-state index contributed by atoms with van der Waals surface area (Å²) >= 11 is 0. The fraction of sp³-hybridized carbons (Fsp3) is 0.308. The molecule has 8 nitrogen and oxygen atoms in total. The van der Waals surface area contributed by atoms with E-state index >= 15 is 0 Å². The maximum atomic E-state index is 13.5. The number of rotatable bonds is 8. The highest BCUT2D eigenvalue weighted by Crippen LogP contribution is 2.31. The molecule has 0 aromatic heterocycles. The number of carbonyl (C=O) groups is 1. The second kappa shape index (κ2) is 10.6. The minimum Gasteiger partial charge on any atom is -0.457 e. The van der Waals surface area contributed by atoms with E-state index in [0.717, 1.165) is 35.5 Å². The topological polar surface area (TPSA) is 109 Å². The summed E-state index contributed by atoms with van der Waals surface area (Å²) in [6.45, 7) is 6.28. The molecular formula is C26H31FN6O2. The van der Waals surface area contributed by atoms with Crippen molar-refractivity contribution in [2.45, 2.75) is 31.7 Å². The van der Waals surface area contributed by atoms with Crippen molar-refractivity contribution in [3.63, 3.8) is 0 Å². The molecule has 2 aromatic rings. The number of para-hydroxylation sites is 1. The van der Waals surface area contributed by atoms with Gasteiger partial charge in [0.25, 0.3) is 5.91 Å². The van der Waals surface area contributed by atoms with Crippen LogP contribution < -0.4 is 21.6 Å². The quantitative estimate of drug-likeness (QED) is 0.305. The Morgan fingerprint density at radius 3 is 2.63 bits per heavy atom. The highest BCUT2D eigenvalue weighted by Gasteiger charge is 2.33. The van der Waals surface area contributed by atoms with Gasteiger partial charge in [-0.2, -0.15) is 0 Å². The molecule has 2 aromatic carbocycles. The summed E-state index contributed by atoms with van der Waals surface area (Å²) in [7, 11) is 0. The SMILES string of the molecule is C=C(F)C(=O)N1CCCC1CN(N)C1=C(C(C)c2ccc(Oc3ccccc3)cc2)C(N)=NCN1. The average molecular weight is 479 g/mol. The number of nitrogens with two attached hydrogens (primary N) is 2. The number of ether oxygens (including phenoxy) is 1. The van der Waals surface area contributed by atoms with Crippen LogP contribution in [0.5, 0.6) is 11.5 Å². The zero-order valence-electron chi connectivity index (χ0n) is 19.8. The summed E-state index contributed by atoms with van der Waals surface area (Å²) in [5, 5.41) is 4.78. The Bertz CT molecular complexity index is 1130. The Kier molecular flexibility index (Phi) is 7.36. The summed E-state index contributed by atoms with van der Waals surface area (Å²) in [5.74, 6) is 7.26. The van der Waals surface area contributed by atoms with Crippen LogP contribution in [0, 0.1) is 0 Å². The van der Waals surface area contributed by atoms with Gasteiger partial charge in [-0.1, -0.05) is 43.8 Å². The molecule has 184 valence electrons. The van der Waals surface area contributed by atoms with Crippen molar-refractivity contribution in [1.82, 2.24) is 15.2 Å². The summed E-state index contributed by atoms with van der Waals surface area (Å²) in [6.07, 6.45) is 1.52. The number of amidine groups is 1. The molecule has 35 heavy (non-hydrogen) atoms. The second-order valence-corrected chi connectivity index (χ2v) is 8.70. The molecule has 0 saturated carbocycles. The lowest BCUT2D eigenvalue weighted by Crippen LogP contribution is -2.50. The van der Waals surface area contributed by atoms with Crippen LogP contribution in [0.1, 0.15) is 31.2 Å². The lowest BCUT2D eigenvalue weighted by atomic mass is 9.91. The number of hydrogen-bond donors (Lipinski definition) is 3. The molecule has 5 N–H and O–H groups in total. The smallest absolute Gasteiger partial charge is 0.282 e. The van der Waals surface area contributed by atoms with Crippen molar-refractivity contribution in [1.29, 1.82) is 0 Å². The van der Waals surface area contributed by atoms with E-state index in [2.05, 4.69) is 16.9 Å². The Hall–Kier alpha value is -3.85. The van der Waals surface area contributed by atoms with Gasteiger partial charge >= 0.3 is 0 Å². The lowest BCUT2D eigenvalue weighted by molar-refractivity contribution is -0.129. The third kappa shape index (κ3) is 5.46. The van der Waals surface area contributed by atoms with Crippen LogP contribution in [-0.2, 0) is 4.79 Å². The van der Waals surface area contributed by atoms with Gasteiger partial charge in [-0.3, -0.25) is 9.80 Å². The van der Waals surface area contributed by atoms with Crippen molar-refractivity contribution in [2.75, 3.05) is 19.8 Å². The maximum Gasteiger partial charge on any atom is 0.282 e. The average Bonchev–Trinajstić information content (AvgIpc) is 3.32. The van der Waals surface area contributed by atoms with Crippen molar-refractivity contribution in [3.8, 4) is 11.5 Å². The first-order valence-electron chi connectivity index (χ1n) is 11.6. The van der Waals surface area contributed by atoms with Crippen LogP contribution in [0.25, 0.3) is 0 Å². The number of hydrogen-bond acceptors (Lipinski definition) is 7. The van der Waals surface area contributed by atoms with E-state index in [1.807, 2.05) is 61.5 Å². The first-order chi connectivity index (χ1) is 16.8. The highest BCUT2D eigenvalue weighted by molar-refractivity contribution is 5.99. The van der Waals surface area contributed by atoms with Crippen LogP contribution in [-0.4, -0.2) is 47.5 Å². The number of benzene rings is 2.